The summed E-state index contributed by atoms with van der Waals surface area (Å²) in [7, 11) is -5.30. The van der Waals surface area contributed by atoms with E-state index in [1.54, 1.807) is 116 Å². The fraction of sp³-hybridized carbons (Fsp3) is 0.204. The second-order valence-corrected chi connectivity index (χ2v) is 19.8. The standard InChI is InChI=1S/C49H50N10O9S2/c1-32(27-57(49(60)61)28-33-9-6-5-7-10-33)55-69(62,63)43-26-25-40(41-11-8-12-42-45(41)52-48(50)51-42)44(47-53-56-59(54-47)31-36-17-23-39(68-4)24-18-36)46(43)70(64,65)58(29-34-13-19-37(66-2)20-14-34)30-35-15-21-38(67-3)22-16-35/h5-26,32,55H,27-31H2,1-4H3,(H,60,61)(H3,50,51,52)/t32-/m1/s1. The number of imidazole rings is 1. The molecule has 8 aromatic rings. The third-order valence-electron chi connectivity index (χ3n) is 11.4. The van der Waals surface area contributed by atoms with Crippen LogP contribution in [0.5, 0.6) is 17.2 Å². The van der Waals surface area contributed by atoms with Crippen LogP contribution in [0.4, 0.5) is 10.7 Å². The largest absolute Gasteiger partial charge is 0.497 e. The van der Waals surface area contributed by atoms with E-state index in [1.165, 1.54) is 42.4 Å². The average Bonchev–Trinajstić information content (AvgIpc) is 3.99. The Hall–Kier alpha value is -7.85. The molecule has 0 aliphatic heterocycles. The van der Waals surface area contributed by atoms with Crippen molar-refractivity contribution in [2.24, 2.45) is 0 Å². The number of para-hydroxylation sites is 1. The summed E-state index contributed by atoms with van der Waals surface area (Å²) in [6, 6.07) is 36.4. The SMILES string of the molecule is COc1ccc(CN(Cc2ccc(OC)cc2)S(=O)(=O)c2c(S(=O)(=O)N[C@H](C)CN(Cc3ccccc3)C(=O)O)ccc(-c3cccc4[nH]c(N)nc34)c2-c2nnn(Cc3ccc(OC)cc3)n2)cc1. The number of H-pyrrole nitrogens is 1. The van der Waals surface area contributed by atoms with Crippen LogP contribution < -0.4 is 24.7 Å². The average molecular weight is 987 g/mol. The van der Waals surface area contributed by atoms with Crippen LogP contribution >= 0.6 is 0 Å². The first-order valence-corrected chi connectivity index (χ1v) is 24.7. The van der Waals surface area contributed by atoms with Crippen molar-refractivity contribution in [1.29, 1.82) is 0 Å². The lowest BCUT2D eigenvalue weighted by Crippen LogP contribution is -2.44. The first-order chi connectivity index (χ1) is 33.6. The molecule has 0 aliphatic carbocycles. The molecule has 0 unspecified atom stereocenters. The number of methoxy groups -OCH3 is 3. The zero-order chi connectivity index (χ0) is 49.6. The van der Waals surface area contributed by atoms with Gasteiger partial charge in [-0.05, 0) is 88.5 Å². The maximum absolute atomic E-state index is 16.2. The van der Waals surface area contributed by atoms with Crippen molar-refractivity contribution in [3.05, 3.63) is 156 Å². The number of nitrogens with one attached hydrogen (secondary N) is 2. The molecular weight excluding hydrogens is 937 g/mol. The number of carbonyl (C=O) groups is 1. The summed E-state index contributed by atoms with van der Waals surface area (Å²) < 4.78 is 82.5. The minimum absolute atomic E-state index is 0.0342. The van der Waals surface area contributed by atoms with Gasteiger partial charge in [-0.1, -0.05) is 84.9 Å². The van der Waals surface area contributed by atoms with E-state index in [-0.39, 0.29) is 55.6 Å². The van der Waals surface area contributed by atoms with Crippen LogP contribution in [0, 0.1) is 0 Å². The van der Waals surface area contributed by atoms with E-state index in [1.807, 2.05) is 12.1 Å². The number of hydrogen-bond donors (Lipinski definition) is 4. The quantitative estimate of drug-likeness (QED) is 0.0615. The lowest BCUT2D eigenvalue weighted by molar-refractivity contribution is 0.139. The van der Waals surface area contributed by atoms with Gasteiger partial charge in [-0.15, -0.1) is 10.2 Å². The first-order valence-electron chi connectivity index (χ1n) is 21.8. The van der Waals surface area contributed by atoms with Crippen molar-refractivity contribution in [2.75, 3.05) is 33.6 Å². The number of hydrogen-bond acceptors (Lipinski definition) is 13. The number of nitrogen functional groups attached to an aromatic ring is 1. The summed E-state index contributed by atoms with van der Waals surface area (Å²) in [5, 5.41) is 23.7. The maximum Gasteiger partial charge on any atom is 0.407 e. The number of benzene rings is 6. The minimum atomic E-state index is -5.01. The number of amides is 1. The van der Waals surface area contributed by atoms with Crippen LogP contribution in [0.2, 0.25) is 0 Å². The Morgan fingerprint density at radius 3 is 1.87 bits per heavy atom. The first kappa shape index (κ1) is 48.6. The van der Waals surface area contributed by atoms with E-state index in [0.717, 1.165) is 10.5 Å². The van der Waals surface area contributed by atoms with Crippen LogP contribution in [0.1, 0.15) is 29.2 Å². The molecule has 2 aromatic heterocycles. The normalized spacial score (nSPS) is 12.2. The Morgan fingerprint density at radius 1 is 0.729 bits per heavy atom. The molecule has 1 atom stereocenters. The molecule has 2 heterocycles. The maximum atomic E-state index is 16.2. The molecule has 0 fully saturated rings. The zero-order valence-electron chi connectivity index (χ0n) is 38.6. The number of ether oxygens (including phenoxy) is 3. The molecular formula is C49H50N10O9S2. The molecule has 0 saturated carbocycles. The number of tetrazole rings is 1. The molecule has 0 bridgehead atoms. The zero-order valence-corrected chi connectivity index (χ0v) is 40.2. The number of aromatic nitrogens is 6. The summed E-state index contributed by atoms with van der Waals surface area (Å²) in [6.07, 6.45) is -1.28. The van der Waals surface area contributed by atoms with E-state index in [4.69, 9.17) is 25.0 Å². The summed E-state index contributed by atoms with van der Waals surface area (Å²) in [4.78, 5) is 21.1. The van der Waals surface area contributed by atoms with Gasteiger partial charge in [0.1, 0.15) is 27.0 Å². The fourth-order valence-corrected chi connectivity index (χ4v) is 11.6. The van der Waals surface area contributed by atoms with Crippen molar-refractivity contribution in [3.63, 3.8) is 0 Å². The molecule has 362 valence electrons. The molecule has 0 aliphatic rings. The molecule has 1 amide bonds. The molecule has 19 nitrogen and oxygen atoms in total. The highest BCUT2D eigenvalue weighted by molar-refractivity contribution is 7.92. The number of sulfonamides is 2. The van der Waals surface area contributed by atoms with Gasteiger partial charge in [0.2, 0.25) is 25.9 Å². The van der Waals surface area contributed by atoms with Crippen molar-refractivity contribution in [2.45, 2.75) is 48.9 Å². The number of fused-ring (bicyclic) bond motifs is 1. The Morgan fingerprint density at radius 2 is 1.30 bits per heavy atom. The molecule has 6 aromatic carbocycles. The highest BCUT2D eigenvalue weighted by Crippen LogP contribution is 2.43. The van der Waals surface area contributed by atoms with Crippen molar-refractivity contribution >= 4 is 43.1 Å². The summed E-state index contributed by atoms with van der Waals surface area (Å²) in [6.45, 7) is 0.801. The predicted molar refractivity (Wildman–Crippen MR) is 262 cm³/mol. The Kier molecular flexibility index (Phi) is 14.4. The second kappa shape index (κ2) is 20.8. The van der Waals surface area contributed by atoms with Gasteiger partial charge >= 0.3 is 6.09 Å². The molecule has 0 spiro atoms. The van der Waals surface area contributed by atoms with Gasteiger partial charge < -0.3 is 34.9 Å². The topological polar surface area (TPSA) is 250 Å². The lowest BCUT2D eigenvalue weighted by atomic mass is 9.98. The Balaban J connectivity index is 1.35. The van der Waals surface area contributed by atoms with E-state index in [0.29, 0.717) is 50.5 Å². The fourth-order valence-electron chi connectivity index (χ4n) is 7.99. The number of carboxylic acid groups (broad SMARTS) is 1. The lowest BCUT2D eigenvalue weighted by Gasteiger charge is -2.27. The third-order valence-corrected chi connectivity index (χ3v) is 15.0. The molecule has 5 N–H and O–H groups in total. The van der Waals surface area contributed by atoms with Crippen LogP contribution in [0.25, 0.3) is 33.5 Å². The summed E-state index contributed by atoms with van der Waals surface area (Å²) in [5.74, 6) is 1.58. The molecule has 21 heteroatoms. The number of rotatable bonds is 20. The highest BCUT2D eigenvalue weighted by Gasteiger charge is 2.39. The van der Waals surface area contributed by atoms with Crippen LogP contribution in [0.3, 0.4) is 0 Å². The molecule has 0 radical (unpaired) electrons. The number of aromatic amines is 1. The van der Waals surface area contributed by atoms with Crippen molar-refractivity contribution in [3.8, 4) is 39.8 Å². The van der Waals surface area contributed by atoms with Gasteiger partial charge in [0.05, 0.1) is 44.5 Å². The number of nitrogens with zero attached hydrogens (tertiary/aromatic N) is 7. The smallest absolute Gasteiger partial charge is 0.407 e. The van der Waals surface area contributed by atoms with E-state index in [2.05, 4.69) is 25.0 Å². The Bertz CT molecular complexity index is 3290. The number of nitrogens with two attached hydrogens (primary N) is 1. The molecule has 70 heavy (non-hydrogen) atoms. The third kappa shape index (κ3) is 10.9. The van der Waals surface area contributed by atoms with Crippen LogP contribution in [-0.2, 0) is 46.2 Å². The van der Waals surface area contributed by atoms with Gasteiger partial charge in [0.15, 0.2) is 5.95 Å². The second-order valence-electron chi connectivity index (χ2n) is 16.3. The van der Waals surface area contributed by atoms with Crippen molar-refractivity contribution < 1.29 is 40.9 Å². The van der Waals surface area contributed by atoms with Gasteiger partial charge in [0.25, 0.3) is 0 Å². The summed E-state index contributed by atoms with van der Waals surface area (Å²) in [5.41, 5.74) is 9.98. The number of anilines is 1. The van der Waals surface area contributed by atoms with Gasteiger partial charge in [-0.3, -0.25) is 0 Å². The Labute approximate surface area is 404 Å². The summed E-state index contributed by atoms with van der Waals surface area (Å²) >= 11 is 0. The monoisotopic (exact) mass is 986 g/mol. The van der Waals surface area contributed by atoms with E-state index in [9.17, 15) is 9.90 Å². The molecule has 0 saturated heterocycles. The molecule has 8 rings (SSSR count). The highest BCUT2D eigenvalue weighted by atomic mass is 32.2. The van der Waals surface area contributed by atoms with Crippen LogP contribution in [-0.4, -0.2) is 101 Å². The minimum Gasteiger partial charge on any atom is -0.497 e. The van der Waals surface area contributed by atoms with Gasteiger partial charge in [0, 0.05) is 37.8 Å². The van der Waals surface area contributed by atoms with E-state index >= 15 is 16.8 Å². The van der Waals surface area contributed by atoms with Crippen LogP contribution in [0.15, 0.2) is 143 Å². The van der Waals surface area contributed by atoms with Gasteiger partial charge in [-0.2, -0.15) is 9.10 Å². The van der Waals surface area contributed by atoms with Crippen molar-refractivity contribution in [1.82, 2.24) is 44.1 Å². The van der Waals surface area contributed by atoms with E-state index < -0.39 is 42.0 Å². The van der Waals surface area contributed by atoms with Gasteiger partial charge in [-0.25, -0.2) is 31.3 Å². The predicted octanol–water partition coefficient (Wildman–Crippen LogP) is 6.78.